The monoisotopic (exact) mass is 608 g/mol. The number of hydrogen-bond acceptors (Lipinski definition) is 6. The summed E-state index contributed by atoms with van der Waals surface area (Å²) in [6.45, 7) is 9.62. The lowest BCUT2D eigenvalue weighted by Crippen LogP contribution is -2.57. The lowest BCUT2D eigenvalue weighted by atomic mass is 9.85. The summed E-state index contributed by atoms with van der Waals surface area (Å²) in [5.41, 5.74) is 4.24. The van der Waals surface area contributed by atoms with E-state index in [1.54, 1.807) is 11.3 Å². The summed E-state index contributed by atoms with van der Waals surface area (Å²) >= 11 is 1.59. The van der Waals surface area contributed by atoms with Gasteiger partial charge in [-0.3, -0.25) is 14.4 Å². The zero-order chi connectivity index (χ0) is 31.6. The highest BCUT2D eigenvalue weighted by atomic mass is 32.1. The van der Waals surface area contributed by atoms with Gasteiger partial charge < -0.3 is 20.6 Å². The molecule has 0 radical (unpaired) electrons. The summed E-state index contributed by atoms with van der Waals surface area (Å²) in [5, 5.41) is 16.5. The Bertz CT molecular complexity index is 1260. The highest BCUT2D eigenvalue weighted by molar-refractivity contribution is 7.13. The summed E-state index contributed by atoms with van der Waals surface area (Å²) in [7, 11) is 0. The minimum absolute atomic E-state index is 0.0519. The predicted octanol–water partition coefficient (Wildman–Crippen LogP) is 5.54. The van der Waals surface area contributed by atoms with Gasteiger partial charge in [-0.25, -0.2) is 4.98 Å². The number of unbranched alkanes of at least 4 members (excludes halogenated alkanes) is 6. The molecule has 9 heteroatoms. The van der Waals surface area contributed by atoms with Crippen LogP contribution >= 0.6 is 11.3 Å². The summed E-state index contributed by atoms with van der Waals surface area (Å²) in [4.78, 5) is 47.0. The van der Waals surface area contributed by atoms with Gasteiger partial charge in [0.2, 0.25) is 17.7 Å². The molecule has 3 N–H and O–H groups in total. The van der Waals surface area contributed by atoms with Crippen LogP contribution in [0.1, 0.15) is 103 Å². The first-order chi connectivity index (χ1) is 20.4. The van der Waals surface area contributed by atoms with Gasteiger partial charge in [0.25, 0.3) is 0 Å². The molecule has 3 rings (SSSR count). The number of terminal acetylenes is 1. The second-order valence-corrected chi connectivity index (χ2v) is 13.6. The molecule has 1 aromatic carbocycles. The number of amides is 3. The van der Waals surface area contributed by atoms with Crippen molar-refractivity contribution in [1.29, 1.82) is 0 Å². The number of aryl methyl sites for hydroxylation is 1. The number of aliphatic hydroxyl groups excluding tert-OH is 1. The summed E-state index contributed by atoms with van der Waals surface area (Å²) in [6, 6.07) is 6.07. The van der Waals surface area contributed by atoms with Crippen LogP contribution in [0.4, 0.5) is 0 Å². The van der Waals surface area contributed by atoms with Gasteiger partial charge in [-0.1, -0.05) is 70.7 Å². The van der Waals surface area contributed by atoms with Crippen molar-refractivity contribution in [3.05, 3.63) is 41.0 Å². The van der Waals surface area contributed by atoms with E-state index in [2.05, 4.69) is 21.5 Å². The van der Waals surface area contributed by atoms with E-state index in [4.69, 9.17) is 6.42 Å². The van der Waals surface area contributed by atoms with Crippen LogP contribution in [0.25, 0.3) is 10.4 Å². The van der Waals surface area contributed by atoms with E-state index in [1.807, 2.05) is 64.4 Å². The number of hydrogen-bond donors (Lipinski definition) is 3. The Balaban J connectivity index is 1.59. The van der Waals surface area contributed by atoms with Crippen molar-refractivity contribution in [2.45, 2.75) is 117 Å². The van der Waals surface area contributed by atoms with Crippen LogP contribution < -0.4 is 10.6 Å². The first-order valence-electron chi connectivity index (χ1n) is 15.4. The molecule has 2 heterocycles. The third kappa shape index (κ3) is 9.90. The number of rotatable bonds is 14. The zero-order valence-corrected chi connectivity index (χ0v) is 27.1. The van der Waals surface area contributed by atoms with E-state index >= 15 is 0 Å². The molecule has 1 aliphatic heterocycles. The van der Waals surface area contributed by atoms with Crippen molar-refractivity contribution in [3.63, 3.8) is 0 Å². The minimum atomic E-state index is -0.819. The number of nitrogens with zero attached hydrogens (tertiary/aromatic N) is 2. The Morgan fingerprint density at radius 1 is 1.09 bits per heavy atom. The van der Waals surface area contributed by atoms with Crippen molar-refractivity contribution in [2.24, 2.45) is 5.41 Å². The molecule has 1 saturated heterocycles. The highest BCUT2D eigenvalue weighted by Gasteiger charge is 2.44. The Kier molecular flexibility index (Phi) is 12.8. The summed E-state index contributed by atoms with van der Waals surface area (Å²) in [6.07, 6.45) is 11.8. The van der Waals surface area contributed by atoms with E-state index < -0.39 is 23.6 Å². The number of carbonyl (C=O) groups is 3. The van der Waals surface area contributed by atoms with Crippen LogP contribution in [0.5, 0.6) is 0 Å². The first-order valence-corrected chi connectivity index (χ1v) is 16.3. The lowest BCUT2D eigenvalue weighted by molar-refractivity contribution is -0.144. The van der Waals surface area contributed by atoms with Crippen LogP contribution in [0.15, 0.2) is 29.8 Å². The standard InChI is InChI=1S/C34H48N4O4S/c1-7-8-9-10-11-12-13-14-15-29(40)37-31(34(4,5)6)33(42)38-21-27(39)20-28(38)32(41)36-23(2)25-16-18-26(19-17-25)30-24(3)35-22-43-30/h1,16-19,22-23,27-28,31,39H,8-15,20-21H2,2-6H3,(H,36,41)(H,37,40). The van der Waals surface area contributed by atoms with E-state index in [-0.39, 0.29) is 36.7 Å². The molecule has 0 bridgehead atoms. The number of nitrogens with one attached hydrogen (secondary N) is 2. The molecule has 0 saturated carbocycles. The van der Waals surface area contributed by atoms with E-state index in [1.165, 1.54) is 4.90 Å². The quantitative estimate of drug-likeness (QED) is 0.193. The number of likely N-dealkylation sites (tertiary alicyclic amines) is 1. The van der Waals surface area contributed by atoms with E-state index in [0.717, 1.165) is 66.6 Å². The molecule has 1 aliphatic rings. The maximum absolute atomic E-state index is 13.8. The average Bonchev–Trinajstić information content (AvgIpc) is 3.57. The van der Waals surface area contributed by atoms with Crippen LogP contribution in [0, 0.1) is 24.7 Å². The lowest BCUT2D eigenvalue weighted by Gasteiger charge is -2.35. The number of aliphatic hydroxyl groups is 1. The third-order valence-corrected chi connectivity index (χ3v) is 9.01. The van der Waals surface area contributed by atoms with Crippen molar-refractivity contribution in [3.8, 4) is 22.8 Å². The predicted molar refractivity (Wildman–Crippen MR) is 172 cm³/mol. The molecule has 43 heavy (non-hydrogen) atoms. The molecule has 0 spiro atoms. The largest absolute Gasteiger partial charge is 0.391 e. The molecule has 234 valence electrons. The third-order valence-electron chi connectivity index (χ3n) is 8.04. The second-order valence-electron chi connectivity index (χ2n) is 12.7. The van der Waals surface area contributed by atoms with Crippen LogP contribution in [-0.2, 0) is 14.4 Å². The molecule has 1 aromatic heterocycles. The average molecular weight is 609 g/mol. The van der Waals surface area contributed by atoms with Gasteiger partial charge in [-0.05, 0) is 43.2 Å². The van der Waals surface area contributed by atoms with Crippen LogP contribution in [-0.4, -0.2) is 57.4 Å². The second kappa shape index (κ2) is 16.0. The molecule has 1 fully saturated rings. The topological polar surface area (TPSA) is 112 Å². The SMILES string of the molecule is C#CCCCCCCCCC(=O)NC(C(=O)N1CC(O)CC1C(=O)NC(C)c1ccc(-c2scnc2C)cc1)C(C)(C)C. The van der Waals surface area contributed by atoms with Gasteiger partial charge in [-0.15, -0.1) is 23.7 Å². The minimum Gasteiger partial charge on any atom is -0.391 e. The number of β-amino-alcohol motifs (C(OH)–C–C–N with tert-alkyl or cyclic N) is 1. The molecule has 4 atom stereocenters. The smallest absolute Gasteiger partial charge is 0.246 e. The fourth-order valence-corrected chi connectivity index (χ4v) is 6.28. The fourth-order valence-electron chi connectivity index (χ4n) is 5.47. The number of benzene rings is 1. The maximum atomic E-state index is 13.8. The van der Waals surface area contributed by atoms with Gasteiger partial charge >= 0.3 is 0 Å². The Morgan fingerprint density at radius 3 is 2.35 bits per heavy atom. The van der Waals surface area contributed by atoms with Crippen molar-refractivity contribution < 1.29 is 19.5 Å². The fraction of sp³-hybridized carbons (Fsp3) is 0.588. The van der Waals surface area contributed by atoms with E-state index in [0.29, 0.717) is 6.42 Å². The number of carbonyl (C=O) groups excluding carboxylic acids is 3. The molecule has 0 aliphatic carbocycles. The van der Waals surface area contributed by atoms with Gasteiger partial charge in [0.15, 0.2) is 0 Å². The maximum Gasteiger partial charge on any atom is 0.246 e. The summed E-state index contributed by atoms with van der Waals surface area (Å²) < 4.78 is 0. The molecular weight excluding hydrogens is 560 g/mol. The molecule has 8 nitrogen and oxygen atoms in total. The van der Waals surface area contributed by atoms with Gasteiger partial charge in [0.05, 0.1) is 28.2 Å². The Labute approximate surface area is 261 Å². The van der Waals surface area contributed by atoms with Gasteiger partial charge in [0.1, 0.15) is 12.1 Å². The molecule has 3 amide bonds. The normalized spacial score (nSPS) is 18.1. The number of thiazole rings is 1. The van der Waals surface area contributed by atoms with Crippen molar-refractivity contribution in [1.82, 2.24) is 20.5 Å². The zero-order valence-electron chi connectivity index (χ0n) is 26.3. The summed E-state index contributed by atoms with van der Waals surface area (Å²) in [5.74, 6) is 1.82. The highest BCUT2D eigenvalue weighted by Crippen LogP contribution is 2.29. The van der Waals surface area contributed by atoms with Crippen molar-refractivity contribution in [2.75, 3.05) is 6.54 Å². The van der Waals surface area contributed by atoms with Crippen LogP contribution in [0.3, 0.4) is 0 Å². The Hall–Kier alpha value is -3.22. The molecular formula is C34H48N4O4S. The van der Waals surface area contributed by atoms with Gasteiger partial charge in [-0.2, -0.15) is 0 Å². The molecule has 4 unspecified atom stereocenters. The van der Waals surface area contributed by atoms with Gasteiger partial charge in [0, 0.05) is 25.8 Å². The van der Waals surface area contributed by atoms with Crippen LogP contribution in [0.2, 0.25) is 0 Å². The molecule has 2 aromatic rings. The Morgan fingerprint density at radius 2 is 1.74 bits per heavy atom. The van der Waals surface area contributed by atoms with Crippen molar-refractivity contribution >= 4 is 29.1 Å². The van der Waals surface area contributed by atoms with E-state index in [9.17, 15) is 19.5 Å². The number of aromatic nitrogens is 1. The first kappa shape index (κ1) is 34.3.